The van der Waals surface area contributed by atoms with Crippen LogP contribution in [0.2, 0.25) is 0 Å². The van der Waals surface area contributed by atoms with Crippen LogP contribution in [-0.2, 0) is 4.74 Å². The van der Waals surface area contributed by atoms with E-state index in [0.29, 0.717) is 22.1 Å². The van der Waals surface area contributed by atoms with Crippen molar-refractivity contribution in [1.29, 1.82) is 0 Å². The van der Waals surface area contributed by atoms with Crippen LogP contribution in [0.5, 0.6) is 5.75 Å². The molecule has 0 atom stereocenters. The maximum absolute atomic E-state index is 12.6. The highest BCUT2D eigenvalue weighted by Crippen LogP contribution is 2.30. The van der Waals surface area contributed by atoms with Gasteiger partial charge in [0.05, 0.1) is 13.7 Å². The lowest BCUT2D eigenvalue weighted by molar-refractivity contribution is 0.0523. The summed E-state index contributed by atoms with van der Waals surface area (Å²) in [5, 5.41) is 1.22. The molecule has 0 amide bonds. The molecule has 2 aromatic carbocycles. The van der Waals surface area contributed by atoms with Gasteiger partial charge in [0.1, 0.15) is 11.3 Å². The molecule has 0 aliphatic rings. The number of methoxy groups -OCH3 is 1. The normalized spacial score (nSPS) is 10.8. The van der Waals surface area contributed by atoms with Crippen LogP contribution in [0.15, 0.2) is 41.2 Å². The van der Waals surface area contributed by atoms with Crippen molar-refractivity contribution in [1.82, 2.24) is 0 Å². The molecule has 0 bridgehead atoms. The molecule has 0 saturated carbocycles. The molecular formula is C17H14O4S. The third kappa shape index (κ3) is 2.33. The molecule has 0 N–H and O–H groups in total. The highest BCUT2D eigenvalue weighted by atomic mass is 32.1. The van der Waals surface area contributed by atoms with Crippen molar-refractivity contribution in [2.75, 3.05) is 13.7 Å². The molecule has 0 aliphatic heterocycles. The van der Waals surface area contributed by atoms with Crippen molar-refractivity contribution in [3.8, 4) is 5.75 Å². The summed E-state index contributed by atoms with van der Waals surface area (Å²) in [5.41, 5.74) is 0.279. The van der Waals surface area contributed by atoms with Gasteiger partial charge in [0.2, 0.25) is 0 Å². The second-order valence-corrected chi connectivity index (χ2v) is 5.78. The first-order valence-corrected chi connectivity index (χ1v) is 7.68. The smallest absolute Gasteiger partial charge is 0.341 e. The first-order valence-electron chi connectivity index (χ1n) is 6.86. The Morgan fingerprint density at radius 2 is 1.91 bits per heavy atom. The van der Waals surface area contributed by atoms with E-state index in [1.165, 1.54) is 18.4 Å². The van der Waals surface area contributed by atoms with Gasteiger partial charge >= 0.3 is 5.97 Å². The number of hydrogen-bond acceptors (Lipinski definition) is 5. The van der Waals surface area contributed by atoms with E-state index in [1.807, 2.05) is 18.2 Å². The first kappa shape index (κ1) is 14.5. The van der Waals surface area contributed by atoms with E-state index in [9.17, 15) is 9.59 Å². The molecule has 0 saturated heterocycles. The molecule has 0 aliphatic carbocycles. The van der Waals surface area contributed by atoms with Gasteiger partial charge in [0, 0.05) is 20.2 Å². The van der Waals surface area contributed by atoms with Gasteiger partial charge in [0.25, 0.3) is 0 Å². The van der Waals surface area contributed by atoms with E-state index >= 15 is 0 Å². The van der Waals surface area contributed by atoms with Gasteiger partial charge in [-0.3, -0.25) is 4.79 Å². The summed E-state index contributed by atoms with van der Waals surface area (Å²) in [4.78, 5) is 24.6. The maximum atomic E-state index is 12.6. The quantitative estimate of drug-likeness (QED) is 0.547. The fraction of sp³-hybridized carbons (Fsp3) is 0.176. The van der Waals surface area contributed by atoms with Crippen LogP contribution in [0, 0.1) is 0 Å². The van der Waals surface area contributed by atoms with Crippen molar-refractivity contribution < 1.29 is 14.3 Å². The van der Waals surface area contributed by atoms with E-state index in [1.54, 1.807) is 25.1 Å². The second kappa shape index (κ2) is 5.77. The molecule has 0 radical (unpaired) electrons. The number of fused-ring (bicyclic) bond motifs is 2. The number of ether oxygens (including phenoxy) is 2. The van der Waals surface area contributed by atoms with E-state index in [2.05, 4.69) is 0 Å². The Morgan fingerprint density at radius 1 is 1.14 bits per heavy atom. The average Bonchev–Trinajstić information content (AvgIpc) is 2.54. The molecule has 1 aromatic heterocycles. The lowest BCUT2D eigenvalue weighted by Gasteiger charge is -2.09. The topological polar surface area (TPSA) is 52.6 Å². The zero-order chi connectivity index (χ0) is 15.7. The Morgan fingerprint density at radius 3 is 2.64 bits per heavy atom. The van der Waals surface area contributed by atoms with Crippen molar-refractivity contribution in [3.05, 3.63) is 52.2 Å². The van der Waals surface area contributed by atoms with Crippen LogP contribution in [-0.4, -0.2) is 19.7 Å². The van der Waals surface area contributed by atoms with Crippen LogP contribution >= 0.6 is 11.3 Å². The van der Waals surface area contributed by atoms with Crippen molar-refractivity contribution >= 4 is 37.5 Å². The van der Waals surface area contributed by atoms with Crippen LogP contribution in [0.25, 0.3) is 20.2 Å². The number of hydrogen-bond donors (Lipinski definition) is 0. The molecule has 3 aromatic rings. The minimum atomic E-state index is -0.450. The lowest BCUT2D eigenvalue weighted by Crippen LogP contribution is -2.08. The van der Waals surface area contributed by atoms with E-state index in [4.69, 9.17) is 9.47 Å². The van der Waals surface area contributed by atoms with Crippen molar-refractivity contribution in [2.45, 2.75) is 6.92 Å². The monoisotopic (exact) mass is 314 g/mol. The zero-order valence-electron chi connectivity index (χ0n) is 12.2. The second-order valence-electron chi connectivity index (χ2n) is 4.70. The molecule has 0 unspecified atom stereocenters. The minimum Gasteiger partial charge on any atom is -0.496 e. The summed E-state index contributed by atoms with van der Waals surface area (Å²) in [6, 6.07) is 10.7. The molecule has 22 heavy (non-hydrogen) atoms. The standard InChI is InChI=1S/C17H14O4S/c1-3-21-17(19)11-9-15-12(8-13(11)20-2)16(18)10-6-4-5-7-14(10)22-15/h4-9H,3H2,1-2H3. The number of carbonyl (C=O) groups excluding carboxylic acids is 1. The van der Waals surface area contributed by atoms with E-state index in [0.717, 1.165) is 9.40 Å². The van der Waals surface area contributed by atoms with Gasteiger partial charge in [-0.25, -0.2) is 4.79 Å². The predicted octanol–water partition coefficient (Wildman–Crippen LogP) is 3.60. The summed E-state index contributed by atoms with van der Waals surface area (Å²) in [6.07, 6.45) is 0. The van der Waals surface area contributed by atoms with Gasteiger partial charge in [-0.1, -0.05) is 12.1 Å². The lowest BCUT2D eigenvalue weighted by atomic mass is 10.1. The maximum Gasteiger partial charge on any atom is 0.341 e. The Kier molecular flexibility index (Phi) is 3.81. The van der Waals surface area contributed by atoms with Crippen LogP contribution in [0.3, 0.4) is 0 Å². The molecule has 112 valence electrons. The fourth-order valence-electron chi connectivity index (χ4n) is 2.37. The molecule has 5 heteroatoms. The van der Waals surface area contributed by atoms with Crippen molar-refractivity contribution in [3.63, 3.8) is 0 Å². The Balaban J connectivity index is 2.35. The average molecular weight is 314 g/mol. The number of carbonyl (C=O) groups is 1. The third-order valence-electron chi connectivity index (χ3n) is 3.39. The first-order chi connectivity index (χ1) is 10.7. The molecular weight excluding hydrogens is 300 g/mol. The Bertz CT molecular complexity index is 927. The van der Waals surface area contributed by atoms with E-state index < -0.39 is 5.97 Å². The molecule has 0 fully saturated rings. The molecule has 3 rings (SSSR count). The number of benzene rings is 2. The van der Waals surface area contributed by atoms with Crippen molar-refractivity contribution in [2.24, 2.45) is 0 Å². The van der Waals surface area contributed by atoms with Crippen LogP contribution in [0.4, 0.5) is 0 Å². The highest BCUT2D eigenvalue weighted by Gasteiger charge is 2.17. The van der Waals surface area contributed by atoms with Gasteiger partial charge in [-0.2, -0.15) is 0 Å². The van der Waals surface area contributed by atoms with Gasteiger partial charge < -0.3 is 9.47 Å². The van der Waals surface area contributed by atoms with Crippen LogP contribution < -0.4 is 10.2 Å². The number of rotatable bonds is 3. The van der Waals surface area contributed by atoms with Gasteiger partial charge in [-0.05, 0) is 31.2 Å². The molecule has 1 heterocycles. The van der Waals surface area contributed by atoms with Crippen LogP contribution in [0.1, 0.15) is 17.3 Å². The van der Waals surface area contributed by atoms with Gasteiger partial charge in [-0.15, -0.1) is 11.3 Å². The summed E-state index contributed by atoms with van der Waals surface area (Å²) >= 11 is 1.47. The zero-order valence-corrected chi connectivity index (χ0v) is 13.0. The summed E-state index contributed by atoms with van der Waals surface area (Å²) in [7, 11) is 1.47. The van der Waals surface area contributed by atoms with E-state index in [-0.39, 0.29) is 12.0 Å². The SMILES string of the molecule is CCOC(=O)c1cc2sc3ccccc3c(=O)c2cc1OC. The Hall–Kier alpha value is -2.40. The highest BCUT2D eigenvalue weighted by molar-refractivity contribution is 7.24. The fourth-order valence-corrected chi connectivity index (χ4v) is 3.46. The van der Waals surface area contributed by atoms with Gasteiger partial charge in [0.15, 0.2) is 5.43 Å². The predicted molar refractivity (Wildman–Crippen MR) is 88.1 cm³/mol. The minimum absolute atomic E-state index is 0.0574. The third-order valence-corrected chi connectivity index (χ3v) is 4.53. The molecule has 0 spiro atoms. The summed E-state index contributed by atoms with van der Waals surface area (Å²) in [5.74, 6) is -0.0976. The summed E-state index contributed by atoms with van der Waals surface area (Å²) < 4.78 is 11.9. The summed E-state index contributed by atoms with van der Waals surface area (Å²) in [6.45, 7) is 2.03. The largest absolute Gasteiger partial charge is 0.496 e. The number of esters is 1. The Labute approximate surface area is 130 Å². The molecule has 4 nitrogen and oxygen atoms in total.